The summed E-state index contributed by atoms with van der Waals surface area (Å²) in [6.07, 6.45) is 2.99. The van der Waals surface area contributed by atoms with Gasteiger partial charge >= 0.3 is 6.09 Å². The molecule has 0 bridgehead atoms. The molecule has 0 aliphatic carbocycles. The normalized spacial score (nSPS) is 11.1. The minimum Gasteiger partial charge on any atom is -0.507 e. The van der Waals surface area contributed by atoms with Gasteiger partial charge in [0.25, 0.3) is 0 Å². The molecule has 0 atom stereocenters. The highest BCUT2D eigenvalue weighted by Gasteiger charge is 2.23. The summed E-state index contributed by atoms with van der Waals surface area (Å²) in [5.41, 5.74) is 2.03. The molecule has 0 aromatic heterocycles. The van der Waals surface area contributed by atoms with Crippen molar-refractivity contribution in [2.75, 3.05) is 11.4 Å². The lowest BCUT2D eigenvalue weighted by atomic mass is 9.91. The first-order chi connectivity index (χ1) is 15.1. The van der Waals surface area contributed by atoms with Crippen LogP contribution in [0.4, 0.5) is 10.5 Å². The first kappa shape index (κ1) is 20.7. The quantitative estimate of drug-likeness (QED) is 0.310. The number of rotatable bonds is 7. The molecule has 0 radical (unpaired) electrons. The third-order valence-corrected chi connectivity index (χ3v) is 5.82. The standard InChI is InChI=1S/C27H27NO3/c1-2-3-4-9-18-28(27(30)31)23-16-14-19-10-5-7-12-21(19)25(23)26-22-13-8-6-11-20(22)15-17-24(26)29/h5-8,10-17,29H,2-4,9,18H2,1H3,(H,30,31). The lowest BCUT2D eigenvalue weighted by molar-refractivity contribution is 0.201. The van der Waals surface area contributed by atoms with E-state index in [2.05, 4.69) is 6.92 Å². The molecule has 31 heavy (non-hydrogen) atoms. The SMILES string of the molecule is CCCCCCN(C(=O)O)c1ccc2ccccc2c1-c1c(O)ccc2ccccc12. The zero-order valence-electron chi connectivity index (χ0n) is 17.7. The Balaban J connectivity index is 1.98. The number of benzene rings is 4. The van der Waals surface area contributed by atoms with Crippen LogP contribution in [0.2, 0.25) is 0 Å². The van der Waals surface area contributed by atoms with Crippen LogP contribution in [0.15, 0.2) is 72.8 Å². The van der Waals surface area contributed by atoms with E-state index in [9.17, 15) is 15.0 Å². The molecule has 0 heterocycles. The zero-order valence-corrected chi connectivity index (χ0v) is 17.7. The van der Waals surface area contributed by atoms with Crippen LogP contribution >= 0.6 is 0 Å². The van der Waals surface area contributed by atoms with Crippen LogP contribution in [0.5, 0.6) is 5.75 Å². The molecule has 0 saturated heterocycles. The van der Waals surface area contributed by atoms with Crippen molar-refractivity contribution < 1.29 is 15.0 Å². The van der Waals surface area contributed by atoms with Gasteiger partial charge in [-0.2, -0.15) is 0 Å². The van der Waals surface area contributed by atoms with Gasteiger partial charge in [-0.1, -0.05) is 86.8 Å². The van der Waals surface area contributed by atoms with Gasteiger partial charge in [0.05, 0.1) is 5.69 Å². The molecular formula is C27H27NO3. The predicted octanol–water partition coefficient (Wildman–Crippen LogP) is 7.43. The number of carboxylic acid groups (broad SMARTS) is 1. The Bertz CT molecular complexity index is 1230. The fourth-order valence-electron chi connectivity index (χ4n) is 4.29. The van der Waals surface area contributed by atoms with Gasteiger partial charge in [-0.15, -0.1) is 0 Å². The molecule has 0 saturated carbocycles. The second-order valence-corrected chi connectivity index (χ2v) is 7.86. The minimum absolute atomic E-state index is 0.146. The number of anilines is 1. The third-order valence-electron chi connectivity index (χ3n) is 5.82. The fourth-order valence-corrected chi connectivity index (χ4v) is 4.29. The first-order valence-corrected chi connectivity index (χ1v) is 10.8. The summed E-state index contributed by atoms with van der Waals surface area (Å²) >= 11 is 0. The Morgan fingerprint density at radius 1 is 0.774 bits per heavy atom. The maximum Gasteiger partial charge on any atom is 0.411 e. The molecule has 158 valence electrons. The number of amides is 1. The third kappa shape index (κ3) is 4.06. The number of phenols is 1. The molecule has 1 amide bonds. The van der Waals surface area contributed by atoms with Crippen molar-refractivity contribution >= 4 is 33.3 Å². The van der Waals surface area contributed by atoms with Crippen molar-refractivity contribution in [3.8, 4) is 16.9 Å². The molecule has 4 aromatic carbocycles. The average Bonchev–Trinajstić information content (AvgIpc) is 2.79. The van der Waals surface area contributed by atoms with Crippen molar-refractivity contribution in [2.45, 2.75) is 32.6 Å². The highest BCUT2D eigenvalue weighted by molar-refractivity contribution is 6.13. The number of nitrogens with zero attached hydrogens (tertiary/aromatic N) is 1. The second kappa shape index (κ2) is 9.09. The number of phenolic OH excluding ortho intramolecular Hbond substituents is 1. The Morgan fingerprint density at radius 2 is 1.39 bits per heavy atom. The van der Waals surface area contributed by atoms with Gasteiger partial charge in [0.2, 0.25) is 0 Å². The van der Waals surface area contributed by atoms with Gasteiger partial charge in [0, 0.05) is 17.7 Å². The smallest absolute Gasteiger partial charge is 0.411 e. The Morgan fingerprint density at radius 3 is 2.03 bits per heavy atom. The average molecular weight is 414 g/mol. The van der Waals surface area contributed by atoms with Crippen LogP contribution in [0.1, 0.15) is 32.6 Å². The minimum atomic E-state index is -0.979. The maximum absolute atomic E-state index is 12.3. The molecule has 0 unspecified atom stereocenters. The van der Waals surface area contributed by atoms with E-state index in [1.807, 2.05) is 66.7 Å². The monoisotopic (exact) mass is 413 g/mol. The summed E-state index contributed by atoms with van der Waals surface area (Å²) in [5.74, 6) is 0.146. The van der Waals surface area contributed by atoms with Gasteiger partial charge in [-0.3, -0.25) is 4.90 Å². The summed E-state index contributed by atoms with van der Waals surface area (Å²) in [6.45, 7) is 2.56. The zero-order chi connectivity index (χ0) is 21.8. The number of unbranched alkanes of at least 4 members (excludes halogenated alkanes) is 3. The van der Waals surface area contributed by atoms with Crippen LogP contribution in [0.3, 0.4) is 0 Å². The van der Waals surface area contributed by atoms with Gasteiger partial charge < -0.3 is 10.2 Å². The van der Waals surface area contributed by atoms with Crippen LogP contribution in [-0.2, 0) is 0 Å². The summed E-state index contributed by atoms with van der Waals surface area (Å²) in [7, 11) is 0. The van der Waals surface area contributed by atoms with Gasteiger partial charge in [0.15, 0.2) is 0 Å². The van der Waals surface area contributed by atoms with E-state index in [-0.39, 0.29) is 5.75 Å². The Kier molecular flexibility index (Phi) is 6.08. The fraction of sp³-hybridized carbons (Fsp3) is 0.222. The van der Waals surface area contributed by atoms with Crippen molar-refractivity contribution in [1.82, 2.24) is 0 Å². The number of carbonyl (C=O) groups is 1. The highest BCUT2D eigenvalue weighted by Crippen LogP contribution is 2.45. The van der Waals surface area contributed by atoms with Gasteiger partial charge in [-0.25, -0.2) is 4.79 Å². The second-order valence-electron chi connectivity index (χ2n) is 7.86. The summed E-state index contributed by atoms with van der Waals surface area (Å²) < 4.78 is 0. The van der Waals surface area contributed by atoms with Crippen molar-refractivity contribution in [1.29, 1.82) is 0 Å². The maximum atomic E-state index is 12.3. The van der Waals surface area contributed by atoms with Crippen LogP contribution in [0, 0.1) is 0 Å². The topological polar surface area (TPSA) is 60.8 Å². The van der Waals surface area contributed by atoms with E-state index >= 15 is 0 Å². The molecule has 0 fully saturated rings. The number of hydrogen-bond acceptors (Lipinski definition) is 2. The number of fused-ring (bicyclic) bond motifs is 2. The van der Waals surface area contributed by atoms with E-state index < -0.39 is 6.09 Å². The number of hydrogen-bond donors (Lipinski definition) is 2. The van der Waals surface area contributed by atoms with Crippen molar-refractivity contribution in [2.24, 2.45) is 0 Å². The molecule has 4 rings (SSSR count). The van der Waals surface area contributed by atoms with E-state index in [1.165, 1.54) is 4.90 Å². The van der Waals surface area contributed by atoms with Crippen molar-refractivity contribution in [3.05, 3.63) is 72.8 Å². The molecule has 0 aliphatic heterocycles. The molecule has 0 aliphatic rings. The summed E-state index contributed by atoms with van der Waals surface area (Å²) in [5, 5.41) is 24.8. The molecular weight excluding hydrogens is 386 g/mol. The van der Waals surface area contributed by atoms with Crippen molar-refractivity contribution in [3.63, 3.8) is 0 Å². The highest BCUT2D eigenvalue weighted by atomic mass is 16.4. The molecule has 2 N–H and O–H groups in total. The van der Waals surface area contributed by atoms with E-state index in [4.69, 9.17) is 0 Å². The van der Waals surface area contributed by atoms with Gasteiger partial charge in [-0.05, 0) is 40.1 Å². The number of aromatic hydroxyl groups is 1. The molecule has 4 heteroatoms. The first-order valence-electron chi connectivity index (χ1n) is 10.8. The Hall–Kier alpha value is -3.53. The van der Waals surface area contributed by atoms with Crippen LogP contribution < -0.4 is 4.90 Å². The molecule has 0 spiro atoms. The molecule has 4 aromatic rings. The van der Waals surface area contributed by atoms with Crippen LogP contribution in [0.25, 0.3) is 32.7 Å². The summed E-state index contributed by atoms with van der Waals surface area (Å²) in [6, 6.07) is 23.2. The van der Waals surface area contributed by atoms with E-state index in [0.717, 1.165) is 52.8 Å². The van der Waals surface area contributed by atoms with E-state index in [0.29, 0.717) is 17.8 Å². The summed E-state index contributed by atoms with van der Waals surface area (Å²) in [4.78, 5) is 13.7. The van der Waals surface area contributed by atoms with E-state index in [1.54, 1.807) is 6.07 Å². The lowest BCUT2D eigenvalue weighted by Crippen LogP contribution is -2.30. The lowest BCUT2D eigenvalue weighted by Gasteiger charge is -2.25. The van der Waals surface area contributed by atoms with Gasteiger partial charge in [0.1, 0.15) is 5.75 Å². The largest absolute Gasteiger partial charge is 0.507 e. The predicted molar refractivity (Wildman–Crippen MR) is 128 cm³/mol. The Labute approximate surface area is 182 Å². The van der Waals surface area contributed by atoms with Crippen LogP contribution in [-0.4, -0.2) is 22.9 Å². The molecule has 4 nitrogen and oxygen atoms in total.